The average Bonchev–Trinajstić information content (AvgIpc) is 3.85. The van der Waals surface area contributed by atoms with Gasteiger partial charge in [-0.1, -0.05) is 42.1 Å². The smallest absolute Gasteiger partial charge is 0.321 e. The van der Waals surface area contributed by atoms with Crippen molar-refractivity contribution in [3.8, 4) is 5.75 Å². The first-order chi connectivity index (χ1) is 36.0. The molecule has 0 fully saturated rings. The molecule has 1 heterocycles. The van der Waals surface area contributed by atoms with Gasteiger partial charge in [0.15, 0.2) is 10.2 Å². The van der Waals surface area contributed by atoms with E-state index in [-0.39, 0.29) is 41.4 Å². The highest BCUT2D eigenvalue weighted by molar-refractivity contribution is 8.13. The quantitative estimate of drug-likeness (QED) is 0.0401. The van der Waals surface area contributed by atoms with Crippen LogP contribution in [0.3, 0.4) is 0 Å². The topological polar surface area (TPSA) is 308 Å². The lowest BCUT2D eigenvalue weighted by atomic mass is 10.1. The lowest BCUT2D eigenvalue weighted by Crippen LogP contribution is -2.48. The summed E-state index contributed by atoms with van der Waals surface area (Å²) in [6.07, 6.45) is -0.0185. The number of ether oxygens (including phenoxy) is 9. The zero-order chi connectivity index (χ0) is 53.3. The summed E-state index contributed by atoms with van der Waals surface area (Å²) >= 11 is 2.24. The first-order valence-electron chi connectivity index (χ1n) is 23.9. The Morgan fingerprint density at radius 3 is 1.74 bits per heavy atom. The molecule has 0 bridgehead atoms. The summed E-state index contributed by atoms with van der Waals surface area (Å²) in [5, 5.41) is 26.3. The van der Waals surface area contributed by atoms with Crippen molar-refractivity contribution < 1.29 is 81.3 Å². The molecule has 0 unspecified atom stereocenters. The molecule has 7 N–H and O–H groups in total. The van der Waals surface area contributed by atoms with Crippen LogP contribution in [0.1, 0.15) is 42.2 Å². The van der Waals surface area contributed by atoms with Crippen LogP contribution in [0.15, 0.2) is 60.0 Å². The Morgan fingerprint density at radius 1 is 0.635 bits per heavy atom. The molecule has 1 atom stereocenters. The predicted octanol–water partition coefficient (Wildman–Crippen LogP) is 2.48. The second-order valence-electron chi connectivity index (χ2n) is 15.3. The zero-order valence-electron chi connectivity index (χ0n) is 41.6. The molecule has 2 aromatic carbocycles. The molecule has 6 amide bonds. The van der Waals surface area contributed by atoms with Crippen LogP contribution in [0.2, 0.25) is 0 Å². The van der Waals surface area contributed by atoms with Crippen molar-refractivity contribution >= 4 is 74.7 Å². The number of thioether (sulfide) groups is 1. The van der Waals surface area contributed by atoms with Crippen LogP contribution in [0, 0.1) is 0 Å². The number of hydrogen-bond donors (Lipinski definition) is 7. The maximum Gasteiger partial charge on any atom is 0.321 e. The van der Waals surface area contributed by atoms with Gasteiger partial charge in [0.25, 0.3) is 5.91 Å². The number of benzene rings is 2. The third kappa shape index (κ3) is 32.4. The maximum absolute atomic E-state index is 13.0. The number of hydrogen-bond acceptors (Lipinski definition) is 19. The van der Waals surface area contributed by atoms with E-state index in [0.29, 0.717) is 136 Å². The number of thiazole rings is 1. The normalized spacial score (nSPS) is 11.3. The molecule has 0 aliphatic rings. The number of aliphatic carboxylic acids is 1. The zero-order valence-corrected chi connectivity index (χ0v) is 43.2. The van der Waals surface area contributed by atoms with Crippen molar-refractivity contribution in [1.82, 2.24) is 26.3 Å². The van der Waals surface area contributed by atoms with Crippen molar-refractivity contribution in [2.75, 3.05) is 142 Å². The van der Waals surface area contributed by atoms with Gasteiger partial charge >= 0.3 is 12.0 Å². The minimum Gasteiger partial charge on any atom is -0.494 e. The van der Waals surface area contributed by atoms with Crippen LogP contribution in [-0.4, -0.2) is 188 Å². The van der Waals surface area contributed by atoms with Gasteiger partial charge in [0.1, 0.15) is 17.5 Å². The molecular weight excluding hydrogens is 1010 g/mol. The molecule has 3 aromatic rings. The van der Waals surface area contributed by atoms with Crippen LogP contribution in [-0.2, 0) is 68.4 Å². The van der Waals surface area contributed by atoms with Gasteiger partial charge in [-0.15, -0.1) is 11.3 Å². The third-order valence-corrected chi connectivity index (χ3v) is 10.9. The molecule has 26 heteroatoms. The Labute approximate surface area is 438 Å². The van der Waals surface area contributed by atoms with Crippen molar-refractivity contribution in [3.63, 3.8) is 0 Å². The number of carboxylic acids is 1. The molecule has 410 valence electrons. The van der Waals surface area contributed by atoms with Gasteiger partial charge in [-0.3, -0.25) is 34.1 Å². The Balaban J connectivity index is 1.11. The van der Waals surface area contributed by atoms with Crippen LogP contribution < -0.4 is 36.6 Å². The third-order valence-electron chi connectivity index (χ3n) is 9.34. The van der Waals surface area contributed by atoms with Crippen molar-refractivity contribution in [2.45, 2.75) is 38.8 Å². The standard InChI is InChI=1S/C48H69N7O17S2/c1-36(56)73-31-30-71-29-28-70-27-26-69-25-24-68-23-22-67-21-20-66-19-18-65-17-16-64-15-12-42(57)49-13-5-14-72-39-10-8-38(9-11-39)52-46(62)40(32-44(59)60)53-43(58)34-50-45(61)41-35-74-48(54-41)55-47(63)51-33-37-6-3-2-4-7-37/h2-4,6-11,35,40H,5,12-34H2,1H3,(H,49,57)(H,50,61)(H,52,62)(H,53,58)(H,59,60)(H2,51,54,55,63)/t40-/m0/s1. The second-order valence-corrected chi connectivity index (χ2v) is 17.4. The highest BCUT2D eigenvalue weighted by atomic mass is 32.2. The molecule has 74 heavy (non-hydrogen) atoms. The number of carbonyl (C=O) groups excluding carboxylic acids is 6. The summed E-state index contributed by atoms with van der Waals surface area (Å²) in [5.41, 5.74) is 1.14. The molecule has 0 saturated heterocycles. The number of urea groups is 1. The van der Waals surface area contributed by atoms with E-state index in [2.05, 4.69) is 36.9 Å². The molecule has 1 aromatic heterocycles. The highest BCUT2D eigenvalue weighted by Crippen LogP contribution is 2.17. The van der Waals surface area contributed by atoms with E-state index < -0.39 is 48.7 Å². The van der Waals surface area contributed by atoms with Gasteiger partial charge in [-0.05, 0) is 36.2 Å². The number of aromatic nitrogens is 1. The minimum absolute atomic E-state index is 0.0642. The predicted molar refractivity (Wildman–Crippen MR) is 273 cm³/mol. The van der Waals surface area contributed by atoms with Crippen molar-refractivity contribution in [3.05, 3.63) is 71.2 Å². The molecule has 3 rings (SSSR count). The molecular formula is C48H69N7O17S2. The first-order valence-corrected chi connectivity index (χ1v) is 25.7. The highest BCUT2D eigenvalue weighted by Gasteiger charge is 2.24. The number of rotatable bonds is 43. The van der Waals surface area contributed by atoms with E-state index in [1.165, 1.54) is 36.2 Å². The Morgan fingerprint density at radius 2 is 1.19 bits per heavy atom. The Hall–Kier alpha value is -5.81. The maximum atomic E-state index is 13.0. The fraction of sp³-hybridized carbons (Fsp3) is 0.542. The molecule has 0 radical (unpaired) electrons. The number of carbonyl (C=O) groups is 7. The summed E-state index contributed by atoms with van der Waals surface area (Å²) in [5.74, 6) is -2.72. The van der Waals surface area contributed by atoms with E-state index in [4.69, 9.17) is 42.6 Å². The fourth-order valence-corrected chi connectivity index (χ4v) is 6.90. The van der Waals surface area contributed by atoms with E-state index >= 15 is 0 Å². The molecule has 0 aliphatic heterocycles. The summed E-state index contributed by atoms with van der Waals surface area (Å²) in [6.45, 7) is 8.76. The molecule has 24 nitrogen and oxygen atoms in total. The number of nitrogens with zero attached hydrogens (tertiary/aromatic N) is 1. The monoisotopic (exact) mass is 1080 g/mol. The SMILES string of the molecule is CC(=O)SCCOCCOCCOCCOCCOCCOCCOCCOCCC(=O)NCCCOc1ccc(NC(=O)[C@H](CC(=O)O)NC(=O)CNC(=O)c2csc(NC(=O)NCc3ccccc3)n2)cc1. The van der Waals surface area contributed by atoms with Gasteiger partial charge in [0.2, 0.25) is 17.7 Å². The summed E-state index contributed by atoms with van der Waals surface area (Å²) in [6, 6.07) is 13.5. The molecule has 0 saturated carbocycles. The number of amides is 6. The lowest BCUT2D eigenvalue weighted by Gasteiger charge is -2.17. The second kappa shape index (κ2) is 40.6. The Bertz CT molecular complexity index is 2070. The molecule has 0 spiro atoms. The summed E-state index contributed by atoms with van der Waals surface area (Å²) in [7, 11) is 0. The van der Waals surface area contributed by atoms with E-state index in [9.17, 15) is 38.7 Å². The van der Waals surface area contributed by atoms with Gasteiger partial charge < -0.3 is 74.3 Å². The summed E-state index contributed by atoms with van der Waals surface area (Å²) in [4.78, 5) is 89.0. The van der Waals surface area contributed by atoms with Gasteiger partial charge in [-0.2, -0.15) is 0 Å². The largest absolute Gasteiger partial charge is 0.494 e. The van der Waals surface area contributed by atoms with E-state index in [0.717, 1.165) is 16.9 Å². The summed E-state index contributed by atoms with van der Waals surface area (Å²) < 4.78 is 49.3. The Kier molecular flexibility index (Phi) is 34.2. The van der Waals surface area contributed by atoms with Gasteiger partial charge in [-0.25, -0.2) is 9.78 Å². The number of nitrogens with one attached hydrogen (secondary N) is 6. The van der Waals surface area contributed by atoms with Crippen LogP contribution in [0.4, 0.5) is 15.6 Å². The van der Waals surface area contributed by atoms with Gasteiger partial charge in [0.05, 0.1) is 125 Å². The van der Waals surface area contributed by atoms with E-state index in [1.54, 1.807) is 12.1 Å². The lowest BCUT2D eigenvalue weighted by molar-refractivity contribution is -0.139. The van der Waals surface area contributed by atoms with Crippen LogP contribution >= 0.6 is 23.1 Å². The van der Waals surface area contributed by atoms with Crippen molar-refractivity contribution in [2.24, 2.45) is 0 Å². The van der Waals surface area contributed by atoms with E-state index in [1.807, 2.05) is 30.3 Å². The number of anilines is 2. The number of carboxylic acid groups (broad SMARTS) is 1. The average molecular weight is 1080 g/mol. The van der Waals surface area contributed by atoms with Crippen LogP contribution in [0.25, 0.3) is 0 Å². The van der Waals surface area contributed by atoms with Crippen LogP contribution in [0.5, 0.6) is 5.75 Å². The fourth-order valence-electron chi connectivity index (χ4n) is 5.73. The van der Waals surface area contributed by atoms with Gasteiger partial charge in [0, 0.05) is 43.3 Å². The van der Waals surface area contributed by atoms with Crippen molar-refractivity contribution in [1.29, 1.82) is 0 Å². The molecule has 0 aliphatic carbocycles. The minimum atomic E-state index is -1.47. The first kappa shape index (κ1) is 62.5.